The van der Waals surface area contributed by atoms with Gasteiger partial charge in [-0.15, -0.1) is 0 Å². The summed E-state index contributed by atoms with van der Waals surface area (Å²) >= 11 is 16.9. The number of hydrogen-bond donors (Lipinski definition) is 0. The van der Waals surface area contributed by atoms with Crippen LogP contribution in [0, 0.1) is 0 Å². The molecule has 0 saturated heterocycles. The van der Waals surface area contributed by atoms with Gasteiger partial charge in [0.05, 0.1) is 11.4 Å². The summed E-state index contributed by atoms with van der Waals surface area (Å²) < 4.78 is 7.86. The first-order valence-corrected chi connectivity index (χ1v) is 8.98. The van der Waals surface area contributed by atoms with Crippen molar-refractivity contribution in [3.8, 4) is 5.75 Å². The molecule has 1 atom stereocenters. The lowest BCUT2D eigenvalue weighted by atomic mass is 10.0. The average Bonchev–Trinajstić information content (AvgIpc) is 2.85. The summed E-state index contributed by atoms with van der Waals surface area (Å²) in [6.07, 6.45) is 0.962. The number of hydrogen-bond acceptors (Lipinski definition) is 1. The van der Waals surface area contributed by atoms with Crippen molar-refractivity contribution < 1.29 is 4.74 Å². The molecular weight excluding hydrogens is 471 g/mol. The normalized spacial score (nSPS) is 14.8. The fourth-order valence-electron chi connectivity index (χ4n) is 2.36. The molecule has 0 amide bonds. The van der Waals surface area contributed by atoms with Gasteiger partial charge in [0.1, 0.15) is 5.75 Å². The lowest BCUT2D eigenvalue weighted by molar-refractivity contribution is 0.354. The lowest BCUT2D eigenvalue weighted by Crippen LogP contribution is -1.98. The van der Waals surface area contributed by atoms with Crippen LogP contribution in [0.3, 0.4) is 0 Å². The molecule has 2 aromatic rings. The molecule has 0 radical (unpaired) electrons. The maximum absolute atomic E-state index is 6.01. The highest BCUT2D eigenvalue weighted by Crippen LogP contribution is 2.44. The monoisotopic (exact) mass is 478 g/mol. The quantitative estimate of drug-likeness (QED) is 0.459. The smallest absolute Gasteiger partial charge is 0.127 e. The minimum atomic E-state index is 0.0542. The minimum absolute atomic E-state index is 0.0542. The van der Waals surface area contributed by atoms with E-state index in [-0.39, 0.29) is 4.83 Å². The number of fused-ring (bicyclic) bond motifs is 1. The summed E-state index contributed by atoms with van der Waals surface area (Å²) in [6.45, 7) is 0.750. The van der Waals surface area contributed by atoms with Crippen LogP contribution in [0.15, 0.2) is 39.3 Å². The Morgan fingerprint density at radius 2 is 1.90 bits per heavy atom. The molecule has 20 heavy (non-hydrogen) atoms. The molecule has 0 aromatic heterocycles. The lowest BCUT2D eigenvalue weighted by Gasteiger charge is -2.16. The molecule has 3 rings (SSSR count). The van der Waals surface area contributed by atoms with Crippen molar-refractivity contribution in [2.24, 2.45) is 0 Å². The van der Waals surface area contributed by atoms with Gasteiger partial charge < -0.3 is 4.74 Å². The zero-order valence-electron chi connectivity index (χ0n) is 10.3. The van der Waals surface area contributed by atoms with E-state index in [1.807, 2.05) is 18.2 Å². The predicted molar refractivity (Wildman–Crippen MR) is 93.3 cm³/mol. The predicted octanol–water partition coefficient (Wildman–Crippen LogP) is 6.28. The average molecular weight is 481 g/mol. The van der Waals surface area contributed by atoms with Gasteiger partial charge in [0, 0.05) is 26.0 Å². The molecule has 1 unspecified atom stereocenters. The summed E-state index contributed by atoms with van der Waals surface area (Å²) in [7, 11) is 0. The van der Waals surface area contributed by atoms with Gasteiger partial charge in [0.25, 0.3) is 0 Å². The van der Waals surface area contributed by atoms with Crippen molar-refractivity contribution in [3.05, 3.63) is 61.0 Å². The molecule has 104 valence electrons. The largest absolute Gasteiger partial charge is 0.493 e. The highest BCUT2D eigenvalue weighted by Gasteiger charge is 2.24. The van der Waals surface area contributed by atoms with Gasteiger partial charge in [-0.05, 0) is 35.4 Å². The van der Waals surface area contributed by atoms with Gasteiger partial charge in [-0.1, -0.05) is 65.5 Å². The third kappa shape index (κ3) is 2.80. The number of ether oxygens (including phenoxy) is 1. The number of halogens is 4. The Kier molecular flexibility index (Phi) is 4.46. The molecule has 0 fully saturated rings. The van der Waals surface area contributed by atoms with Gasteiger partial charge in [-0.25, -0.2) is 0 Å². The molecule has 2 aromatic carbocycles. The van der Waals surface area contributed by atoms with E-state index in [4.69, 9.17) is 16.3 Å². The third-order valence-electron chi connectivity index (χ3n) is 3.29. The van der Waals surface area contributed by atoms with Crippen LogP contribution in [0.25, 0.3) is 0 Å². The van der Waals surface area contributed by atoms with Gasteiger partial charge in [0.15, 0.2) is 0 Å². The van der Waals surface area contributed by atoms with Crippen molar-refractivity contribution in [2.45, 2.75) is 11.2 Å². The molecule has 0 saturated carbocycles. The van der Waals surface area contributed by atoms with Crippen LogP contribution in [0.5, 0.6) is 5.75 Å². The maximum atomic E-state index is 6.01. The Balaban J connectivity index is 2.09. The Labute approximate surface area is 148 Å². The SMILES string of the molecule is Clc1ccc(C(Br)c2cc(Br)cc3c2OCC3)c(Br)c1. The number of benzene rings is 2. The Morgan fingerprint density at radius 3 is 2.65 bits per heavy atom. The fraction of sp³-hybridized carbons (Fsp3) is 0.200. The molecule has 0 aliphatic carbocycles. The molecule has 5 heteroatoms. The van der Waals surface area contributed by atoms with Gasteiger partial charge >= 0.3 is 0 Å². The van der Waals surface area contributed by atoms with Crippen LogP contribution < -0.4 is 4.74 Å². The summed E-state index contributed by atoms with van der Waals surface area (Å²) in [5.74, 6) is 0.997. The Bertz CT molecular complexity index is 672. The minimum Gasteiger partial charge on any atom is -0.493 e. The summed E-state index contributed by atoms with van der Waals surface area (Å²) in [5.41, 5.74) is 3.52. The van der Waals surface area contributed by atoms with E-state index in [1.165, 1.54) is 5.56 Å². The van der Waals surface area contributed by atoms with E-state index in [1.54, 1.807) is 0 Å². The first-order chi connectivity index (χ1) is 9.56. The summed E-state index contributed by atoms with van der Waals surface area (Å²) in [6, 6.07) is 10.1. The standard InChI is InChI=1S/C15H10Br3ClO/c16-9-5-8-3-4-20-15(8)12(6-9)14(18)11-2-1-10(19)7-13(11)17/h1-2,5-7,14H,3-4H2. The van der Waals surface area contributed by atoms with E-state index in [9.17, 15) is 0 Å². The maximum Gasteiger partial charge on any atom is 0.127 e. The van der Waals surface area contributed by atoms with Crippen LogP contribution in [0.4, 0.5) is 0 Å². The van der Waals surface area contributed by atoms with E-state index in [0.717, 1.165) is 43.9 Å². The second kappa shape index (κ2) is 5.99. The van der Waals surface area contributed by atoms with Crippen molar-refractivity contribution in [3.63, 3.8) is 0 Å². The van der Waals surface area contributed by atoms with Crippen LogP contribution in [0.2, 0.25) is 5.02 Å². The van der Waals surface area contributed by atoms with Gasteiger partial charge in [0.2, 0.25) is 0 Å². The number of rotatable bonds is 2. The van der Waals surface area contributed by atoms with Crippen molar-refractivity contribution >= 4 is 59.4 Å². The molecular formula is C15H10Br3ClO. The van der Waals surface area contributed by atoms with Crippen LogP contribution in [-0.4, -0.2) is 6.61 Å². The highest BCUT2D eigenvalue weighted by molar-refractivity contribution is 9.11. The second-order valence-electron chi connectivity index (χ2n) is 4.61. The van der Waals surface area contributed by atoms with Crippen molar-refractivity contribution in [1.82, 2.24) is 0 Å². The first kappa shape index (κ1) is 14.9. The molecule has 1 heterocycles. The van der Waals surface area contributed by atoms with Crippen LogP contribution in [0.1, 0.15) is 21.5 Å². The van der Waals surface area contributed by atoms with E-state index in [0.29, 0.717) is 0 Å². The fourth-order valence-corrected chi connectivity index (χ4v) is 4.84. The number of alkyl halides is 1. The first-order valence-electron chi connectivity index (χ1n) is 6.10. The third-order valence-corrected chi connectivity index (χ3v) is 5.65. The van der Waals surface area contributed by atoms with Crippen LogP contribution in [-0.2, 0) is 6.42 Å². The zero-order valence-corrected chi connectivity index (χ0v) is 15.8. The van der Waals surface area contributed by atoms with Crippen molar-refractivity contribution in [2.75, 3.05) is 6.61 Å². The van der Waals surface area contributed by atoms with E-state index in [2.05, 4.69) is 59.9 Å². The van der Waals surface area contributed by atoms with Crippen LogP contribution >= 0.6 is 59.4 Å². The van der Waals surface area contributed by atoms with Gasteiger partial charge in [-0.3, -0.25) is 0 Å². The summed E-state index contributed by atoms with van der Waals surface area (Å²) in [5, 5.41) is 0.719. The zero-order chi connectivity index (χ0) is 14.3. The van der Waals surface area contributed by atoms with E-state index < -0.39 is 0 Å². The molecule has 0 spiro atoms. The molecule has 1 nitrogen and oxygen atoms in total. The van der Waals surface area contributed by atoms with Gasteiger partial charge in [-0.2, -0.15) is 0 Å². The molecule has 0 bridgehead atoms. The topological polar surface area (TPSA) is 9.23 Å². The Morgan fingerprint density at radius 1 is 1.10 bits per heavy atom. The molecule has 0 N–H and O–H groups in total. The Hall–Kier alpha value is -0.0300. The highest BCUT2D eigenvalue weighted by atomic mass is 79.9. The summed E-state index contributed by atoms with van der Waals surface area (Å²) in [4.78, 5) is 0.0542. The second-order valence-corrected chi connectivity index (χ2v) is 7.73. The van der Waals surface area contributed by atoms with E-state index >= 15 is 0 Å². The van der Waals surface area contributed by atoms with Crippen molar-refractivity contribution in [1.29, 1.82) is 0 Å². The molecule has 1 aliphatic heterocycles. The molecule has 1 aliphatic rings.